The molecule has 0 atom stereocenters. The molecule has 0 N–H and O–H groups in total. The Balaban J connectivity index is 2.41. The fourth-order valence-electron chi connectivity index (χ4n) is 1.71. The van der Waals surface area contributed by atoms with Crippen molar-refractivity contribution in [1.82, 2.24) is 5.16 Å². The zero-order valence-corrected chi connectivity index (χ0v) is 7.20. The summed E-state index contributed by atoms with van der Waals surface area (Å²) in [6, 6.07) is 2.17. The van der Waals surface area contributed by atoms with Crippen LogP contribution in [0.5, 0.6) is 0 Å². The van der Waals surface area contributed by atoms with E-state index in [4.69, 9.17) is 9.78 Å². The second kappa shape index (κ2) is 2.43. The summed E-state index contributed by atoms with van der Waals surface area (Å²) in [7, 11) is 0. The van der Waals surface area contributed by atoms with Crippen LogP contribution in [0.15, 0.2) is 10.7 Å². The van der Waals surface area contributed by atoms with E-state index in [0.717, 1.165) is 5.56 Å². The molecule has 1 aromatic rings. The van der Waals surface area contributed by atoms with Gasteiger partial charge in [0.2, 0.25) is 0 Å². The zero-order valence-electron chi connectivity index (χ0n) is 7.20. The summed E-state index contributed by atoms with van der Waals surface area (Å²) in [5.74, 6) is 0.760. The molecule has 1 heterocycles. The molecule has 1 saturated carbocycles. The first-order valence-corrected chi connectivity index (χ1v) is 4.03. The molecule has 0 spiro atoms. The van der Waals surface area contributed by atoms with Crippen molar-refractivity contribution in [3.8, 4) is 6.07 Å². The summed E-state index contributed by atoms with van der Waals surface area (Å²) in [6.45, 7) is 1.75. The summed E-state index contributed by atoms with van der Waals surface area (Å²) >= 11 is 0. The molecule has 0 radical (unpaired) electrons. The SMILES string of the molecule is Cc1oncc1C1(C#N)CC(=O)C1. The molecule has 66 valence electrons. The Kier molecular flexibility index (Phi) is 1.49. The van der Waals surface area contributed by atoms with Crippen molar-refractivity contribution < 1.29 is 9.32 Å². The van der Waals surface area contributed by atoms with Gasteiger partial charge in [-0.2, -0.15) is 5.26 Å². The zero-order chi connectivity index (χ0) is 9.47. The van der Waals surface area contributed by atoms with Crippen molar-refractivity contribution in [2.45, 2.75) is 25.2 Å². The van der Waals surface area contributed by atoms with Gasteiger partial charge >= 0.3 is 0 Å². The fraction of sp³-hybridized carbons (Fsp3) is 0.444. The van der Waals surface area contributed by atoms with Crippen LogP contribution in [0.2, 0.25) is 0 Å². The predicted octanol–water partition coefficient (Wildman–Crippen LogP) is 1.11. The minimum Gasteiger partial charge on any atom is -0.361 e. The first kappa shape index (κ1) is 7.99. The van der Waals surface area contributed by atoms with Crippen LogP contribution in [0.3, 0.4) is 0 Å². The van der Waals surface area contributed by atoms with Gasteiger partial charge in [0.25, 0.3) is 0 Å². The molecule has 2 rings (SSSR count). The monoisotopic (exact) mass is 176 g/mol. The Bertz CT molecular complexity index is 392. The lowest BCUT2D eigenvalue weighted by molar-refractivity contribution is -0.126. The Morgan fingerprint density at radius 1 is 1.69 bits per heavy atom. The minimum atomic E-state index is -0.652. The van der Waals surface area contributed by atoms with Crippen molar-refractivity contribution in [2.24, 2.45) is 0 Å². The first-order valence-electron chi connectivity index (χ1n) is 4.03. The second-order valence-corrected chi connectivity index (χ2v) is 3.38. The number of nitriles is 1. The molecule has 1 aliphatic rings. The maximum atomic E-state index is 10.9. The van der Waals surface area contributed by atoms with Crippen molar-refractivity contribution >= 4 is 5.78 Å². The van der Waals surface area contributed by atoms with E-state index in [9.17, 15) is 4.79 Å². The highest BCUT2D eigenvalue weighted by molar-refractivity contribution is 5.90. The van der Waals surface area contributed by atoms with E-state index < -0.39 is 5.41 Å². The molecular formula is C9H8N2O2. The van der Waals surface area contributed by atoms with E-state index >= 15 is 0 Å². The van der Waals surface area contributed by atoms with Gasteiger partial charge in [0.15, 0.2) is 0 Å². The molecule has 4 heteroatoms. The second-order valence-electron chi connectivity index (χ2n) is 3.38. The van der Waals surface area contributed by atoms with Crippen LogP contribution in [0.25, 0.3) is 0 Å². The molecule has 1 aromatic heterocycles. The number of rotatable bonds is 1. The number of hydrogen-bond acceptors (Lipinski definition) is 4. The van der Waals surface area contributed by atoms with Crippen LogP contribution in [-0.4, -0.2) is 10.9 Å². The summed E-state index contributed by atoms with van der Waals surface area (Å²) in [4.78, 5) is 10.9. The molecule has 13 heavy (non-hydrogen) atoms. The molecule has 0 aromatic carbocycles. The number of carbonyl (C=O) groups is 1. The standard InChI is InChI=1S/C9H8N2O2/c1-6-8(4-11-13-6)9(5-10)2-7(12)3-9/h4H,2-3H2,1H3. The van der Waals surface area contributed by atoms with E-state index in [0.29, 0.717) is 18.6 Å². The predicted molar refractivity (Wildman–Crippen MR) is 42.8 cm³/mol. The van der Waals surface area contributed by atoms with Crippen molar-refractivity contribution in [3.63, 3.8) is 0 Å². The lowest BCUT2D eigenvalue weighted by Crippen LogP contribution is -2.40. The average Bonchev–Trinajstić information content (AvgIpc) is 2.46. The highest BCUT2D eigenvalue weighted by Crippen LogP contribution is 2.41. The Hall–Kier alpha value is -1.63. The average molecular weight is 176 g/mol. The molecule has 0 unspecified atom stereocenters. The smallest absolute Gasteiger partial charge is 0.138 e. The van der Waals surface area contributed by atoms with Crippen LogP contribution >= 0.6 is 0 Å². The van der Waals surface area contributed by atoms with Gasteiger partial charge < -0.3 is 4.52 Å². The number of Topliss-reactive ketones (excluding diaryl/α,β-unsaturated/α-hetero) is 1. The van der Waals surface area contributed by atoms with Gasteiger partial charge in [-0.05, 0) is 6.92 Å². The van der Waals surface area contributed by atoms with E-state index in [1.807, 2.05) is 0 Å². The van der Waals surface area contributed by atoms with Crippen LogP contribution in [0.1, 0.15) is 24.2 Å². The topological polar surface area (TPSA) is 66.9 Å². The Morgan fingerprint density at radius 2 is 2.38 bits per heavy atom. The highest BCUT2D eigenvalue weighted by Gasteiger charge is 2.47. The van der Waals surface area contributed by atoms with Gasteiger partial charge in [-0.15, -0.1) is 0 Å². The normalized spacial score (nSPS) is 19.2. The molecule has 4 nitrogen and oxygen atoms in total. The highest BCUT2D eigenvalue weighted by atomic mass is 16.5. The molecular weight excluding hydrogens is 168 g/mol. The van der Waals surface area contributed by atoms with E-state index in [1.165, 1.54) is 6.20 Å². The summed E-state index contributed by atoms with van der Waals surface area (Å²) in [5.41, 5.74) is 0.107. The number of carbonyl (C=O) groups excluding carboxylic acids is 1. The van der Waals surface area contributed by atoms with E-state index in [-0.39, 0.29) is 5.78 Å². The quantitative estimate of drug-likeness (QED) is 0.642. The third kappa shape index (κ3) is 0.970. The van der Waals surface area contributed by atoms with Gasteiger partial charge in [-0.25, -0.2) is 0 Å². The van der Waals surface area contributed by atoms with Crippen LogP contribution in [0.4, 0.5) is 0 Å². The van der Waals surface area contributed by atoms with Gasteiger partial charge in [0.1, 0.15) is 17.0 Å². The number of aryl methyl sites for hydroxylation is 1. The van der Waals surface area contributed by atoms with E-state index in [1.54, 1.807) is 6.92 Å². The number of nitrogens with zero attached hydrogens (tertiary/aromatic N) is 2. The van der Waals surface area contributed by atoms with Gasteiger partial charge in [-0.3, -0.25) is 4.79 Å². The number of ketones is 1. The Labute approximate surface area is 75.1 Å². The largest absolute Gasteiger partial charge is 0.361 e. The fourth-order valence-corrected chi connectivity index (χ4v) is 1.71. The van der Waals surface area contributed by atoms with Crippen molar-refractivity contribution in [1.29, 1.82) is 5.26 Å². The van der Waals surface area contributed by atoms with Crippen molar-refractivity contribution in [2.75, 3.05) is 0 Å². The van der Waals surface area contributed by atoms with Crippen LogP contribution < -0.4 is 0 Å². The number of hydrogen-bond donors (Lipinski definition) is 0. The van der Waals surface area contributed by atoms with Gasteiger partial charge in [0, 0.05) is 18.4 Å². The third-order valence-electron chi connectivity index (χ3n) is 2.48. The van der Waals surface area contributed by atoms with Gasteiger partial charge in [0.05, 0.1) is 12.3 Å². The Morgan fingerprint density at radius 3 is 2.77 bits per heavy atom. The lowest BCUT2D eigenvalue weighted by atomic mass is 9.65. The first-order chi connectivity index (χ1) is 6.18. The molecule has 0 saturated heterocycles. The molecule has 0 bridgehead atoms. The van der Waals surface area contributed by atoms with Crippen LogP contribution in [-0.2, 0) is 10.2 Å². The third-order valence-corrected chi connectivity index (χ3v) is 2.48. The minimum absolute atomic E-state index is 0.127. The molecule has 1 fully saturated rings. The maximum Gasteiger partial charge on any atom is 0.138 e. The van der Waals surface area contributed by atoms with Crippen LogP contribution in [0, 0.1) is 18.3 Å². The maximum absolute atomic E-state index is 10.9. The summed E-state index contributed by atoms with van der Waals surface area (Å²) in [5, 5.41) is 12.6. The summed E-state index contributed by atoms with van der Waals surface area (Å²) in [6.07, 6.45) is 2.13. The molecule has 1 aliphatic carbocycles. The van der Waals surface area contributed by atoms with Gasteiger partial charge in [-0.1, -0.05) is 5.16 Å². The van der Waals surface area contributed by atoms with Crippen molar-refractivity contribution in [3.05, 3.63) is 17.5 Å². The summed E-state index contributed by atoms with van der Waals surface area (Å²) < 4.78 is 4.87. The van der Waals surface area contributed by atoms with E-state index in [2.05, 4.69) is 11.2 Å². The lowest BCUT2D eigenvalue weighted by Gasteiger charge is -2.32. The molecule has 0 amide bonds. The molecule has 0 aliphatic heterocycles. The number of aromatic nitrogens is 1.